The van der Waals surface area contributed by atoms with Gasteiger partial charge in [0.25, 0.3) is 0 Å². The third-order valence-corrected chi connectivity index (χ3v) is 7.04. The average molecular weight is 527 g/mol. The number of aliphatic hydroxyl groups is 1. The molecule has 4 aromatic rings. The number of carbonyl (C=O) groups excluding carboxylic acids is 1. The van der Waals surface area contributed by atoms with Crippen LogP contribution in [0.1, 0.15) is 15.9 Å². The molecule has 1 fully saturated rings. The molecular weight excluding hydrogens is 492 g/mol. The summed E-state index contributed by atoms with van der Waals surface area (Å²) in [4.78, 5) is 17.3. The van der Waals surface area contributed by atoms with Crippen molar-refractivity contribution in [1.82, 2.24) is 4.90 Å². The molecule has 0 spiro atoms. The van der Waals surface area contributed by atoms with E-state index in [1.54, 1.807) is 19.2 Å². The van der Waals surface area contributed by atoms with E-state index in [-0.39, 0.29) is 6.61 Å². The molecule has 39 heavy (non-hydrogen) atoms. The maximum Gasteiger partial charge on any atom is 0.343 e. The molecule has 4 aromatic carbocycles. The average Bonchev–Trinajstić information content (AvgIpc) is 2.97. The fourth-order valence-corrected chi connectivity index (χ4v) is 5.05. The highest BCUT2D eigenvalue weighted by Gasteiger charge is 2.22. The number of rotatable bonds is 9. The van der Waals surface area contributed by atoms with Crippen molar-refractivity contribution in [2.45, 2.75) is 13.0 Å². The number of carbonyl (C=O) groups is 1. The number of methoxy groups -OCH3 is 1. The summed E-state index contributed by atoms with van der Waals surface area (Å²) in [5.74, 6) is 1.64. The van der Waals surface area contributed by atoms with Crippen LogP contribution in [0.15, 0.2) is 84.9 Å². The van der Waals surface area contributed by atoms with Crippen molar-refractivity contribution in [3.05, 3.63) is 96.1 Å². The molecule has 1 unspecified atom stereocenters. The van der Waals surface area contributed by atoms with Gasteiger partial charge in [-0.25, -0.2) is 4.79 Å². The number of aliphatic hydroxyl groups excluding tert-OH is 1. The Labute approximate surface area is 229 Å². The number of benzene rings is 4. The molecule has 1 aliphatic rings. The lowest BCUT2D eigenvalue weighted by Gasteiger charge is -2.37. The summed E-state index contributed by atoms with van der Waals surface area (Å²) in [7, 11) is 1.70. The van der Waals surface area contributed by atoms with Crippen LogP contribution in [-0.2, 0) is 0 Å². The zero-order valence-electron chi connectivity index (χ0n) is 22.4. The van der Waals surface area contributed by atoms with Crippen LogP contribution < -0.4 is 19.1 Å². The van der Waals surface area contributed by atoms with Gasteiger partial charge in [0.15, 0.2) is 0 Å². The predicted octanol–water partition coefficient (Wildman–Crippen LogP) is 4.94. The van der Waals surface area contributed by atoms with Gasteiger partial charge in [0.1, 0.15) is 30.0 Å². The van der Waals surface area contributed by atoms with Crippen LogP contribution in [-0.4, -0.2) is 68.5 Å². The summed E-state index contributed by atoms with van der Waals surface area (Å²) in [5, 5.41) is 12.4. The fraction of sp³-hybridized carbons (Fsp3) is 0.281. The minimum atomic E-state index is -0.642. The smallest absolute Gasteiger partial charge is 0.343 e. The summed E-state index contributed by atoms with van der Waals surface area (Å²) in [6, 6.07) is 26.5. The number of aryl methyl sites for hydroxylation is 1. The van der Waals surface area contributed by atoms with Crippen LogP contribution in [0, 0.1) is 6.92 Å². The van der Waals surface area contributed by atoms with Crippen molar-refractivity contribution in [1.29, 1.82) is 0 Å². The molecule has 5 rings (SSSR count). The highest BCUT2D eigenvalue weighted by molar-refractivity contribution is 5.98. The maximum absolute atomic E-state index is 12.7. The molecule has 1 heterocycles. The molecule has 1 saturated heterocycles. The SMILES string of the molecule is COc1ccccc1N1CCN(CC(O)COc2c(C)cc(OC(=O)c3ccccc3)c3ccccc23)CC1. The Morgan fingerprint density at radius 2 is 1.54 bits per heavy atom. The molecule has 0 aliphatic carbocycles. The number of esters is 1. The highest BCUT2D eigenvalue weighted by atomic mass is 16.5. The van der Waals surface area contributed by atoms with Crippen LogP contribution in [0.25, 0.3) is 10.8 Å². The van der Waals surface area contributed by atoms with Crippen molar-refractivity contribution < 1.29 is 24.1 Å². The Morgan fingerprint density at radius 3 is 2.28 bits per heavy atom. The van der Waals surface area contributed by atoms with Gasteiger partial charge >= 0.3 is 5.97 Å². The van der Waals surface area contributed by atoms with E-state index in [4.69, 9.17) is 14.2 Å². The Bertz CT molecular complexity index is 1420. The predicted molar refractivity (Wildman–Crippen MR) is 153 cm³/mol. The van der Waals surface area contributed by atoms with E-state index < -0.39 is 12.1 Å². The van der Waals surface area contributed by atoms with Gasteiger partial charge < -0.3 is 24.2 Å². The molecule has 1 aliphatic heterocycles. The Balaban J connectivity index is 1.21. The van der Waals surface area contributed by atoms with E-state index in [2.05, 4.69) is 15.9 Å². The van der Waals surface area contributed by atoms with Gasteiger partial charge in [-0.05, 0) is 42.8 Å². The maximum atomic E-state index is 12.7. The van der Waals surface area contributed by atoms with Crippen molar-refractivity contribution >= 4 is 22.4 Å². The van der Waals surface area contributed by atoms with E-state index in [1.807, 2.05) is 73.7 Å². The zero-order chi connectivity index (χ0) is 27.2. The van der Waals surface area contributed by atoms with E-state index in [1.165, 1.54) is 0 Å². The number of ether oxygens (including phenoxy) is 3. The molecule has 202 valence electrons. The van der Waals surface area contributed by atoms with Gasteiger partial charge in [-0.15, -0.1) is 0 Å². The number of fused-ring (bicyclic) bond motifs is 1. The van der Waals surface area contributed by atoms with Gasteiger partial charge in [-0.1, -0.05) is 54.6 Å². The number of hydrogen-bond donors (Lipinski definition) is 1. The highest BCUT2D eigenvalue weighted by Crippen LogP contribution is 2.37. The number of hydrogen-bond acceptors (Lipinski definition) is 7. The van der Waals surface area contributed by atoms with Crippen LogP contribution in [0.4, 0.5) is 5.69 Å². The molecule has 0 radical (unpaired) electrons. The van der Waals surface area contributed by atoms with Crippen molar-refractivity contribution in [3.8, 4) is 17.2 Å². The number of β-amino-alcohol motifs (C(OH)–C–C–N with tert-alkyl or cyclic N) is 1. The zero-order valence-corrected chi connectivity index (χ0v) is 22.4. The van der Waals surface area contributed by atoms with Crippen molar-refractivity contribution in [2.75, 3.05) is 51.3 Å². The summed E-state index contributed by atoms with van der Waals surface area (Å²) < 4.78 is 17.5. The first-order valence-corrected chi connectivity index (χ1v) is 13.2. The van der Waals surface area contributed by atoms with E-state index >= 15 is 0 Å². The van der Waals surface area contributed by atoms with Gasteiger partial charge in [0, 0.05) is 43.5 Å². The lowest BCUT2D eigenvalue weighted by Crippen LogP contribution is -2.49. The van der Waals surface area contributed by atoms with Gasteiger partial charge in [-0.3, -0.25) is 4.90 Å². The largest absolute Gasteiger partial charge is 0.495 e. The van der Waals surface area contributed by atoms with Gasteiger partial charge in [0.05, 0.1) is 18.4 Å². The number of nitrogens with zero attached hydrogens (tertiary/aromatic N) is 2. The number of anilines is 1. The monoisotopic (exact) mass is 526 g/mol. The molecule has 1 N–H and O–H groups in total. The number of piperazine rings is 1. The summed E-state index contributed by atoms with van der Waals surface area (Å²) in [5.41, 5.74) is 2.43. The molecular formula is C32H34N2O5. The third kappa shape index (κ3) is 6.16. The minimum absolute atomic E-state index is 0.167. The first kappa shape index (κ1) is 26.5. The normalized spacial score (nSPS) is 14.7. The first-order valence-electron chi connectivity index (χ1n) is 13.2. The minimum Gasteiger partial charge on any atom is -0.495 e. The number of para-hydroxylation sites is 2. The molecule has 0 saturated carbocycles. The molecule has 0 aromatic heterocycles. The molecule has 7 nitrogen and oxygen atoms in total. The van der Waals surface area contributed by atoms with E-state index in [0.717, 1.165) is 54.0 Å². The van der Waals surface area contributed by atoms with Crippen LogP contribution in [0.2, 0.25) is 0 Å². The topological polar surface area (TPSA) is 71.5 Å². The summed E-state index contributed by atoms with van der Waals surface area (Å²) in [6.07, 6.45) is -0.642. The Hall–Kier alpha value is -4.07. The molecule has 1 atom stereocenters. The quantitative estimate of drug-likeness (QED) is 0.245. The first-order chi connectivity index (χ1) is 19.0. The van der Waals surface area contributed by atoms with E-state index in [0.29, 0.717) is 23.6 Å². The lowest BCUT2D eigenvalue weighted by molar-refractivity contribution is 0.0665. The third-order valence-electron chi connectivity index (χ3n) is 7.04. The van der Waals surface area contributed by atoms with Crippen LogP contribution in [0.3, 0.4) is 0 Å². The standard InChI is InChI=1S/C32H34N2O5/c1-23-20-30(39-32(36)24-10-4-3-5-11-24)26-12-6-7-13-27(26)31(23)38-22-25(35)21-33-16-18-34(19-17-33)28-14-8-9-15-29(28)37-2/h3-15,20,25,35H,16-19,21-22H2,1-2H3. The molecule has 0 bridgehead atoms. The molecule has 0 amide bonds. The van der Waals surface area contributed by atoms with Crippen LogP contribution >= 0.6 is 0 Å². The second-order valence-electron chi connectivity index (χ2n) is 9.75. The lowest BCUT2D eigenvalue weighted by atomic mass is 10.0. The molecule has 7 heteroatoms. The Morgan fingerprint density at radius 1 is 0.872 bits per heavy atom. The fourth-order valence-electron chi connectivity index (χ4n) is 5.05. The second-order valence-corrected chi connectivity index (χ2v) is 9.75. The second kappa shape index (κ2) is 12.2. The van der Waals surface area contributed by atoms with Crippen molar-refractivity contribution in [2.24, 2.45) is 0 Å². The van der Waals surface area contributed by atoms with E-state index in [9.17, 15) is 9.90 Å². The van der Waals surface area contributed by atoms with Gasteiger partial charge in [-0.2, -0.15) is 0 Å². The van der Waals surface area contributed by atoms with Crippen molar-refractivity contribution in [3.63, 3.8) is 0 Å². The summed E-state index contributed by atoms with van der Waals surface area (Å²) >= 11 is 0. The summed E-state index contributed by atoms with van der Waals surface area (Å²) in [6.45, 7) is 6.04. The Kier molecular flexibility index (Phi) is 8.30. The van der Waals surface area contributed by atoms with Crippen LogP contribution in [0.5, 0.6) is 17.2 Å². The van der Waals surface area contributed by atoms with Gasteiger partial charge in [0.2, 0.25) is 0 Å².